The number of hydrogen-bond donors (Lipinski definition) is 0. The molecular weight excluding hydrogens is 185 g/mol. The molecule has 0 N–H and O–H groups in total. The fourth-order valence-electron chi connectivity index (χ4n) is 0.850. The zero-order chi connectivity index (χ0) is 9.61. The predicted molar refractivity (Wildman–Crippen MR) is 63.4 cm³/mol. The smallest absolute Gasteiger partial charge is 0.0875 e. The topological polar surface area (TPSA) is 0 Å². The Kier molecular flexibility index (Phi) is 6.62. The van der Waals surface area contributed by atoms with Gasteiger partial charge in [0.1, 0.15) is 0 Å². The van der Waals surface area contributed by atoms with Crippen LogP contribution in [0.5, 0.6) is 0 Å². The minimum atomic E-state index is 0.297. The van der Waals surface area contributed by atoms with E-state index in [0.29, 0.717) is 7.12 Å². The van der Waals surface area contributed by atoms with Crippen LogP contribution < -0.4 is 0 Å². The molecule has 74 valence electrons. The quantitative estimate of drug-likeness (QED) is 0.478. The van der Waals surface area contributed by atoms with Crippen molar-refractivity contribution in [1.82, 2.24) is 0 Å². The molecule has 0 aliphatic rings. The molecule has 0 aliphatic heterocycles. The standard InChI is InChI=1S/C9H23NPS/c1-6-11(7-2)12-9-8-10(3,4)5/h6-9H2,1-5H3/q+1. The maximum absolute atomic E-state index is 2.31. The highest BCUT2D eigenvalue weighted by atomic mass is 32.7. The first-order chi connectivity index (χ1) is 5.49. The van der Waals surface area contributed by atoms with E-state index in [9.17, 15) is 0 Å². The number of nitrogens with zero attached hydrogens (tertiary/aromatic N) is 1. The van der Waals surface area contributed by atoms with Gasteiger partial charge in [0.05, 0.1) is 27.7 Å². The summed E-state index contributed by atoms with van der Waals surface area (Å²) in [6.45, 7) is 5.92. The van der Waals surface area contributed by atoms with Crippen molar-refractivity contribution in [3.05, 3.63) is 0 Å². The van der Waals surface area contributed by atoms with Gasteiger partial charge in [0.25, 0.3) is 0 Å². The average Bonchev–Trinajstić information content (AvgIpc) is 1.96. The van der Waals surface area contributed by atoms with Crippen LogP contribution in [0.15, 0.2) is 0 Å². The van der Waals surface area contributed by atoms with E-state index < -0.39 is 0 Å². The Morgan fingerprint density at radius 3 is 1.92 bits per heavy atom. The lowest BCUT2D eigenvalue weighted by molar-refractivity contribution is -0.867. The molecule has 0 amide bonds. The first-order valence-electron chi connectivity index (χ1n) is 4.68. The van der Waals surface area contributed by atoms with E-state index in [0.717, 1.165) is 4.48 Å². The molecule has 0 rings (SSSR count). The fraction of sp³-hybridized carbons (Fsp3) is 1.00. The lowest BCUT2D eigenvalue weighted by Gasteiger charge is -2.24. The first-order valence-corrected chi connectivity index (χ1v) is 7.98. The van der Waals surface area contributed by atoms with E-state index in [-0.39, 0.29) is 0 Å². The Labute approximate surface area is 83.0 Å². The minimum Gasteiger partial charge on any atom is -0.330 e. The molecule has 0 saturated carbocycles. The zero-order valence-electron chi connectivity index (χ0n) is 9.13. The van der Waals surface area contributed by atoms with Gasteiger partial charge in [-0.1, -0.05) is 13.8 Å². The summed E-state index contributed by atoms with van der Waals surface area (Å²) in [5.74, 6) is 1.33. The summed E-state index contributed by atoms with van der Waals surface area (Å²) in [7, 11) is 7.09. The van der Waals surface area contributed by atoms with E-state index in [1.165, 1.54) is 24.6 Å². The summed E-state index contributed by atoms with van der Waals surface area (Å²) in [6.07, 6.45) is 2.77. The Balaban J connectivity index is 3.41. The second-order valence-electron chi connectivity index (χ2n) is 3.96. The lowest BCUT2D eigenvalue weighted by Crippen LogP contribution is -2.36. The van der Waals surface area contributed by atoms with E-state index in [1.807, 2.05) is 0 Å². The summed E-state index contributed by atoms with van der Waals surface area (Å²) in [5, 5.41) is 0. The molecule has 0 aliphatic carbocycles. The fourth-order valence-corrected chi connectivity index (χ4v) is 4.66. The van der Waals surface area contributed by atoms with Crippen molar-refractivity contribution in [3.63, 3.8) is 0 Å². The maximum Gasteiger partial charge on any atom is 0.0875 e. The molecule has 0 aromatic carbocycles. The van der Waals surface area contributed by atoms with Gasteiger partial charge < -0.3 is 4.48 Å². The SMILES string of the molecule is CCP(CC)SCC[N+](C)(C)C. The summed E-state index contributed by atoms with van der Waals surface area (Å²) in [5.41, 5.74) is 0. The third-order valence-electron chi connectivity index (χ3n) is 1.74. The number of quaternary nitrogens is 1. The molecule has 0 aromatic heterocycles. The van der Waals surface area contributed by atoms with Crippen molar-refractivity contribution >= 4 is 18.5 Å². The Bertz CT molecular complexity index is 108. The van der Waals surface area contributed by atoms with Gasteiger partial charge in [-0.15, -0.1) is 11.4 Å². The summed E-state index contributed by atoms with van der Waals surface area (Å²) >= 11 is 2.20. The van der Waals surface area contributed by atoms with Crippen molar-refractivity contribution in [2.45, 2.75) is 13.8 Å². The van der Waals surface area contributed by atoms with Crippen LogP contribution in [0.25, 0.3) is 0 Å². The highest BCUT2D eigenvalue weighted by Crippen LogP contribution is 2.48. The predicted octanol–water partition coefficient (Wildman–Crippen LogP) is 2.86. The molecule has 0 atom stereocenters. The van der Waals surface area contributed by atoms with Crippen LogP contribution in [0.4, 0.5) is 0 Å². The van der Waals surface area contributed by atoms with Crippen LogP contribution in [-0.4, -0.2) is 50.2 Å². The van der Waals surface area contributed by atoms with Crippen LogP contribution >= 0.6 is 18.5 Å². The average molecular weight is 208 g/mol. The van der Waals surface area contributed by atoms with Crippen molar-refractivity contribution in [2.24, 2.45) is 0 Å². The van der Waals surface area contributed by atoms with E-state index >= 15 is 0 Å². The van der Waals surface area contributed by atoms with Gasteiger partial charge >= 0.3 is 0 Å². The van der Waals surface area contributed by atoms with Gasteiger partial charge in [0.15, 0.2) is 0 Å². The summed E-state index contributed by atoms with van der Waals surface area (Å²) in [4.78, 5) is 0. The van der Waals surface area contributed by atoms with E-state index in [4.69, 9.17) is 0 Å². The van der Waals surface area contributed by atoms with Crippen LogP contribution in [0, 0.1) is 0 Å². The Morgan fingerprint density at radius 2 is 1.58 bits per heavy atom. The number of hydrogen-bond acceptors (Lipinski definition) is 1. The molecule has 0 radical (unpaired) electrons. The van der Waals surface area contributed by atoms with Crippen molar-refractivity contribution in [2.75, 3.05) is 45.8 Å². The third kappa shape index (κ3) is 7.39. The molecule has 0 heterocycles. The molecule has 0 aromatic rings. The van der Waals surface area contributed by atoms with Gasteiger partial charge in [0, 0.05) is 5.75 Å². The molecule has 3 heteroatoms. The van der Waals surface area contributed by atoms with Crippen LogP contribution in [0.1, 0.15) is 13.8 Å². The highest BCUT2D eigenvalue weighted by molar-refractivity contribution is 8.55. The lowest BCUT2D eigenvalue weighted by atomic mass is 10.6. The van der Waals surface area contributed by atoms with Gasteiger partial charge in [-0.2, -0.15) is 0 Å². The Morgan fingerprint density at radius 1 is 1.08 bits per heavy atom. The molecule has 0 unspecified atom stereocenters. The monoisotopic (exact) mass is 208 g/mol. The van der Waals surface area contributed by atoms with Crippen LogP contribution in [-0.2, 0) is 0 Å². The van der Waals surface area contributed by atoms with Crippen LogP contribution in [0.2, 0.25) is 0 Å². The first kappa shape index (κ1) is 12.7. The van der Waals surface area contributed by atoms with Gasteiger partial charge in [-0.05, 0) is 19.4 Å². The summed E-state index contributed by atoms with van der Waals surface area (Å²) < 4.78 is 1.10. The van der Waals surface area contributed by atoms with Crippen LogP contribution in [0.3, 0.4) is 0 Å². The zero-order valence-corrected chi connectivity index (χ0v) is 10.8. The van der Waals surface area contributed by atoms with Crippen molar-refractivity contribution in [3.8, 4) is 0 Å². The second-order valence-corrected chi connectivity index (χ2v) is 9.18. The largest absolute Gasteiger partial charge is 0.330 e. The normalized spacial score (nSPS) is 12.5. The molecule has 0 saturated heterocycles. The van der Waals surface area contributed by atoms with Crippen molar-refractivity contribution in [1.29, 1.82) is 0 Å². The third-order valence-corrected chi connectivity index (χ3v) is 7.07. The molecule has 0 spiro atoms. The molecule has 12 heavy (non-hydrogen) atoms. The molecule has 0 fully saturated rings. The highest BCUT2D eigenvalue weighted by Gasteiger charge is 2.08. The molecule has 1 nitrogen and oxygen atoms in total. The second kappa shape index (κ2) is 6.23. The van der Waals surface area contributed by atoms with Gasteiger partial charge in [-0.3, -0.25) is 0 Å². The minimum absolute atomic E-state index is 0.297. The maximum atomic E-state index is 2.31. The molecule has 0 bridgehead atoms. The van der Waals surface area contributed by atoms with E-state index in [2.05, 4.69) is 46.4 Å². The Hall–Kier alpha value is 0.740. The number of rotatable bonds is 6. The van der Waals surface area contributed by atoms with E-state index in [1.54, 1.807) is 0 Å². The van der Waals surface area contributed by atoms with Gasteiger partial charge in [-0.25, -0.2) is 0 Å². The van der Waals surface area contributed by atoms with Crippen molar-refractivity contribution < 1.29 is 4.48 Å². The van der Waals surface area contributed by atoms with Gasteiger partial charge in [0.2, 0.25) is 0 Å². The summed E-state index contributed by atoms with van der Waals surface area (Å²) in [6, 6.07) is 0. The molecular formula is C9H23NPS+.